The predicted molar refractivity (Wildman–Crippen MR) is 26.3 cm³/mol. The molecular weight excluding hydrogens is 147 g/mol. The summed E-state index contributed by atoms with van der Waals surface area (Å²) in [4.78, 5) is 0. The summed E-state index contributed by atoms with van der Waals surface area (Å²) in [5.74, 6) is 0. The lowest BCUT2D eigenvalue weighted by Gasteiger charge is -1.67. The lowest BCUT2D eigenvalue weighted by molar-refractivity contribution is 0.701. The number of rotatable bonds is 0. The second-order valence-electron chi connectivity index (χ2n) is 1.36. The summed E-state index contributed by atoms with van der Waals surface area (Å²) in [7, 11) is 0. The molecular formula is C4H4BrF. The van der Waals surface area contributed by atoms with Crippen LogP contribution in [0.15, 0.2) is 10.3 Å². The predicted octanol–water partition coefficient (Wildman–Crippen LogP) is 2.36. The van der Waals surface area contributed by atoms with Gasteiger partial charge in [-0.3, -0.25) is 0 Å². The van der Waals surface area contributed by atoms with E-state index in [2.05, 4.69) is 15.9 Å². The first kappa shape index (κ1) is 4.31. The fourth-order valence-corrected chi connectivity index (χ4v) is 0.648. The van der Waals surface area contributed by atoms with E-state index < -0.39 is 0 Å². The molecule has 34 valence electrons. The van der Waals surface area contributed by atoms with Gasteiger partial charge in [-0.25, -0.2) is 0 Å². The summed E-state index contributed by atoms with van der Waals surface area (Å²) in [6.07, 6.45) is 1.91. The highest BCUT2D eigenvalue weighted by Crippen LogP contribution is 2.34. The van der Waals surface area contributed by atoms with Gasteiger partial charge in [-0.1, -0.05) is 0 Å². The Kier molecular flexibility index (Phi) is 0.960. The van der Waals surface area contributed by atoms with Gasteiger partial charge >= 0.3 is 0 Å². The third-order valence-corrected chi connectivity index (χ3v) is 1.33. The van der Waals surface area contributed by atoms with Gasteiger partial charge < -0.3 is 0 Å². The summed E-state index contributed by atoms with van der Waals surface area (Å²) in [5, 5.41) is 0. The largest absolute Gasteiger partial charge is 0.199 e. The molecule has 0 bridgehead atoms. The van der Waals surface area contributed by atoms with Crippen LogP contribution in [-0.2, 0) is 0 Å². The number of hydrogen-bond acceptors (Lipinski definition) is 0. The van der Waals surface area contributed by atoms with E-state index in [1.807, 2.05) is 0 Å². The summed E-state index contributed by atoms with van der Waals surface area (Å²) in [6, 6.07) is 0. The van der Waals surface area contributed by atoms with Crippen LogP contribution in [-0.4, -0.2) is 0 Å². The van der Waals surface area contributed by atoms with Crippen LogP contribution < -0.4 is 0 Å². The summed E-state index contributed by atoms with van der Waals surface area (Å²) < 4.78 is 11.5. The molecule has 6 heavy (non-hydrogen) atoms. The highest BCUT2D eigenvalue weighted by molar-refractivity contribution is 9.11. The Balaban J connectivity index is 2.61. The molecule has 1 saturated carbocycles. The van der Waals surface area contributed by atoms with Crippen molar-refractivity contribution in [3.63, 3.8) is 0 Å². The maximum Gasteiger partial charge on any atom is 0.164 e. The fraction of sp³-hybridized carbons (Fsp3) is 0.500. The molecule has 0 aromatic heterocycles. The van der Waals surface area contributed by atoms with Crippen molar-refractivity contribution in [3.05, 3.63) is 10.3 Å². The van der Waals surface area contributed by atoms with Gasteiger partial charge in [0.15, 0.2) is 4.74 Å². The zero-order chi connectivity index (χ0) is 4.57. The fourth-order valence-electron chi connectivity index (χ4n) is 0.251. The first-order valence-corrected chi connectivity index (χ1v) is 2.63. The Morgan fingerprint density at radius 2 is 2.17 bits per heavy atom. The molecule has 0 atom stereocenters. The minimum Gasteiger partial charge on any atom is -0.199 e. The molecule has 1 fully saturated rings. The Labute approximate surface area is 44.2 Å². The minimum atomic E-state index is -0.150. The molecule has 0 aromatic rings. The van der Waals surface area contributed by atoms with Crippen molar-refractivity contribution in [2.75, 3.05) is 0 Å². The molecule has 0 heterocycles. The van der Waals surface area contributed by atoms with E-state index in [-0.39, 0.29) is 4.74 Å². The zero-order valence-electron chi connectivity index (χ0n) is 3.17. The van der Waals surface area contributed by atoms with E-state index in [0.29, 0.717) is 0 Å². The number of hydrogen-bond donors (Lipinski definition) is 0. The normalized spacial score (nSPS) is 18.0. The minimum absolute atomic E-state index is 0.150. The molecule has 0 aliphatic heterocycles. The second-order valence-corrected chi connectivity index (χ2v) is 2.06. The van der Waals surface area contributed by atoms with E-state index in [1.54, 1.807) is 0 Å². The van der Waals surface area contributed by atoms with E-state index in [0.717, 1.165) is 18.4 Å². The van der Waals surface area contributed by atoms with Gasteiger partial charge in [-0.15, -0.1) is 0 Å². The Hall–Kier alpha value is 0.150. The van der Waals surface area contributed by atoms with Crippen molar-refractivity contribution in [1.29, 1.82) is 0 Å². The Bertz CT molecular complexity index is 85.7. The molecule has 0 unspecified atom stereocenters. The van der Waals surface area contributed by atoms with Crippen LogP contribution in [0.3, 0.4) is 0 Å². The zero-order valence-corrected chi connectivity index (χ0v) is 4.76. The first-order valence-electron chi connectivity index (χ1n) is 1.84. The smallest absolute Gasteiger partial charge is 0.164 e. The van der Waals surface area contributed by atoms with Gasteiger partial charge in [-0.05, 0) is 34.3 Å². The van der Waals surface area contributed by atoms with Crippen LogP contribution in [0, 0.1) is 0 Å². The highest BCUT2D eigenvalue weighted by Gasteiger charge is 2.15. The van der Waals surface area contributed by atoms with Crippen molar-refractivity contribution in [1.82, 2.24) is 0 Å². The van der Waals surface area contributed by atoms with Crippen LogP contribution in [0.1, 0.15) is 12.8 Å². The lowest BCUT2D eigenvalue weighted by atomic mass is 10.7. The molecule has 1 aliphatic rings. The maximum atomic E-state index is 11.7. The standard InChI is InChI=1S/C4H4BrF/c5-4(6)3-1-2-3/h1-2H2. The monoisotopic (exact) mass is 150 g/mol. The van der Waals surface area contributed by atoms with Gasteiger partial charge in [0.2, 0.25) is 0 Å². The summed E-state index contributed by atoms with van der Waals surface area (Å²) >= 11 is 2.71. The molecule has 0 spiro atoms. The van der Waals surface area contributed by atoms with Crippen molar-refractivity contribution in [2.45, 2.75) is 12.8 Å². The molecule has 0 amide bonds. The Morgan fingerprint density at radius 3 is 2.17 bits per heavy atom. The molecule has 1 rings (SSSR count). The number of halogens is 2. The maximum absolute atomic E-state index is 11.7. The molecule has 0 aromatic carbocycles. The van der Waals surface area contributed by atoms with Gasteiger partial charge in [-0.2, -0.15) is 4.39 Å². The van der Waals surface area contributed by atoms with E-state index in [1.165, 1.54) is 0 Å². The van der Waals surface area contributed by atoms with Crippen molar-refractivity contribution >= 4 is 15.9 Å². The van der Waals surface area contributed by atoms with Crippen LogP contribution in [0.25, 0.3) is 0 Å². The van der Waals surface area contributed by atoms with Crippen LogP contribution >= 0.6 is 15.9 Å². The molecule has 0 nitrogen and oxygen atoms in total. The molecule has 0 saturated heterocycles. The molecule has 1 aliphatic carbocycles. The third-order valence-electron chi connectivity index (χ3n) is 0.767. The third kappa shape index (κ3) is 0.805. The lowest BCUT2D eigenvalue weighted by Crippen LogP contribution is -1.43. The topological polar surface area (TPSA) is 0 Å². The highest BCUT2D eigenvalue weighted by atomic mass is 79.9. The SMILES string of the molecule is FC(Br)=C1CC1. The van der Waals surface area contributed by atoms with Crippen LogP contribution in [0.5, 0.6) is 0 Å². The van der Waals surface area contributed by atoms with E-state index >= 15 is 0 Å². The van der Waals surface area contributed by atoms with E-state index in [9.17, 15) is 4.39 Å². The first-order chi connectivity index (χ1) is 2.80. The molecule has 0 N–H and O–H groups in total. The van der Waals surface area contributed by atoms with Gasteiger partial charge in [0.1, 0.15) is 0 Å². The molecule has 2 heteroatoms. The average molecular weight is 151 g/mol. The van der Waals surface area contributed by atoms with Gasteiger partial charge in [0, 0.05) is 0 Å². The number of allylic oxidation sites excluding steroid dienone is 1. The quantitative estimate of drug-likeness (QED) is 0.498. The van der Waals surface area contributed by atoms with Crippen molar-refractivity contribution in [2.24, 2.45) is 0 Å². The second kappa shape index (κ2) is 1.34. The summed E-state index contributed by atoms with van der Waals surface area (Å²) in [6.45, 7) is 0. The molecule has 0 radical (unpaired) electrons. The Morgan fingerprint density at radius 1 is 1.67 bits per heavy atom. The van der Waals surface area contributed by atoms with E-state index in [4.69, 9.17) is 0 Å². The van der Waals surface area contributed by atoms with Crippen LogP contribution in [0.4, 0.5) is 4.39 Å². The summed E-state index contributed by atoms with van der Waals surface area (Å²) in [5.41, 5.74) is 0.926. The van der Waals surface area contributed by atoms with Crippen molar-refractivity contribution in [3.8, 4) is 0 Å². The van der Waals surface area contributed by atoms with Gasteiger partial charge in [0.25, 0.3) is 0 Å². The average Bonchev–Trinajstić information content (AvgIpc) is 2.06. The van der Waals surface area contributed by atoms with Crippen molar-refractivity contribution < 1.29 is 4.39 Å². The van der Waals surface area contributed by atoms with Gasteiger partial charge in [0.05, 0.1) is 0 Å². The van der Waals surface area contributed by atoms with Crippen LogP contribution in [0.2, 0.25) is 0 Å².